The van der Waals surface area contributed by atoms with Crippen molar-refractivity contribution in [2.24, 2.45) is 0 Å². The summed E-state index contributed by atoms with van der Waals surface area (Å²) in [4.78, 5) is 0. The van der Waals surface area contributed by atoms with Gasteiger partial charge in [0, 0.05) is 11.6 Å². The van der Waals surface area contributed by atoms with Gasteiger partial charge in [-0.2, -0.15) is 0 Å². The molecule has 0 radical (unpaired) electrons. The molecule has 3 heteroatoms. The molecule has 18 heavy (non-hydrogen) atoms. The zero-order valence-corrected chi connectivity index (χ0v) is 11.6. The average molecular weight is 249 g/mol. The van der Waals surface area contributed by atoms with Gasteiger partial charge in [-0.1, -0.05) is 13.0 Å². The van der Waals surface area contributed by atoms with Crippen molar-refractivity contribution in [3.05, 3.63) is 23.3 Å². The van der Waals surface area contributed by atoms with Crippen molar-refractivity contribution in [1.29, 1.82) is 0 Å². The fourth-order valence-electron chi connectivity index (χ4n) is 2.81. The summed E-state index contributed by atoms with van der Waals surface area (Å²) in [6, 6.07) is 4.82. The highest BCUT2D eigenvalue weighted by atomic mass is 16.5. The molecule has 3 nitrogen and oxygen atoms in total. The maximum Gasteiger partial charge on any atom is 0.164 e. The Morgan fingerprint density at radius 2 is 2.11 bits per heavy atom. The van der Waals surface area contributed by atoms with Gasteiger partial charge in [-0.25, -0.2) is 0 Å². The summed E-state index contributed by atoms with van der Waals surface area (Å²) in [5, 5.41) is 3.55. The minimum atomic E-state index is 0.619. The minimum Gasteiger partial charge on any atom is -0.493 e. The van der Waals surface area contributed by atoms with E-state index in [4.69, 9.17) is 9.47 Å². The van der Waals surface area contributed by atoms with Gasteiger partial charge in [0.2, 0.25) is 0 Å². The van der Waals surface area contributed by atoms with E-state index in [0.717, 1.165) is 30.9 Å². The highest BCUT2D eigenvalue weighted by Crippen LogP contribution is 2.34. The first-order chi connectivity index (χ1) is 8.80. The van der Waals surface area contributed by atoms with E-state index in [9.17, 15) is 0 Å². The molecule has 1 atom stereocenters. The van der Waals surface area contributed by atoms with E-state index in [1.165, 1.54) is 24.0 Å². The minimum absolute atomic E-state index is 0.619. The van der Waals surface area contributed by atoms with Gasteiger partial charge in [-0.15, -0.1) is 0 Å². The van der Waals surface area contributed by atoms with E-state index in [2.05, 4.69) is 18.3 Å². The molecule has 0 bridgehead atoms. The summed E-state index contributed by atoms with van der Waals surface area (Å²) in [6.45, 7) is 3.32. The molecule has 2 rings (SSSR count). The number of hydrogen-bond acceptors (Lipinski definition) is 3. The second-order valence-electron chi connectivity index (χ2n) is 4.79. The second kappa shape index (κ2) is 6.10. The SMILES string of the molecule is CCc1c(CC2CCCN2)ccc(OC)c1OC. The smallest absolute Gasteiger partial charge is 0.164 e. The molecule has 1 heterocycles. The molecule has 0 aromatic heterocycles. The third-order valence-electron chi connectivity index (χ3n) is 3.73. The monoisotopic (exact) mass is 249 g/mol. The van der Waals surface area contributed by atoms with Crippen molar-refractivity contribution in [1.82, 2.24) is 5.32 Å². The van der Waals surface area contributed by atoms with Crippen LogP contribution in [-0.4, -0.2) is 26.8 Å². The van der Waals surface area contributed by atoms with E-state index in [0.29, 0.717) is 6.04 Å². The van der Waals surface area contributed by atoms with Gasteiger partial charge in [-0.3, -0.25) is 0 Å². The molecule has 1 aliphatic heterocycles. The normalized spacial score (nSPS) is 18.9. The lowest BCUT2D eigenvalue weighted by molar-refractivity contribution is 0.351. The largest absolute Gasteiger partial charge is 0.493 e. The van der Waals surface area contributed by atoms with E-state index >= 15 is 0 Å². The highest BCUT2D eigenvalue weighted by molar-refractivity contribution is 5.51. The third-order valence-corrected chi connectivity index (χ3v) is 3.73. The van der Waals surface area contributed by atoms with Crippen molar-refractivity contribution in [3.63, 3.8) is 0 Å². The van der Waals surface area contributed by atoms with Crippen molar-refractivity contribution < 1.29 is 9.47 Å². The van der Waals surface area contributed by atoms with Gasteiger partial charge >= 0.3 is 0 Å². The lowest BCUT2D eigenvalue weighted by Crippen LogP contribution is -2.24. The first kappa shape index (κ1) is 13.2. The number of nitrogens with one attached hydrogen (secondary N) is 1. The van der Waals surface area contributed by atoms with E-state index in [1.54, 1.807) is 14.2 Å². The Balaban J connectivity index is 2.28. The van der Waals surface area contributed by atoms with Gasteiger partial charge in [0.05, 0.1) is 14.2 Å². The van der Waals surface area contributed by atoms with Gasteiger partial charge in [0.1, 0.15) is 0 Å². The number of benzene rings is 1. The quantitative estimate of drug-likeness (QED) is 0.870. The van der Waals surface area contributed by atoms with Crippen LogP contribution in [0.3, 0.4) is 0 Å². The molecule has 0 saturated carbocycles. The first-order valence-corrected chi connectivity index (χ1v) is 6.76. The zero-order chi connectivity index (χ0) is 13.0. The lowest BCUT2D eigenvalue weighted by Gasteiger charge is -2.18. The first-order valence-electron chi connectivity index (χ1n) is 6.76. The fourth-order valence-corrected chi connectivity index (χ4v) is 2.81. The van der Waals surface area contributed by atoms with Gasteiger partial charge in [-0.05, 0) is 43.9 Å². The molecule has 1 fully saturated rings. The summed E-state index contributed by atoms with van der Waals surface area (Å²) in [6.07, 6.45) is 4.63. The average Bonchev–Trinajstić information content (AvgIpc) is 2.90. The van der Waals surface area contributed by atoms with Crippen molar-refractivity contribution in [2.45, 2.75) is 38.6 Å². The van der Waals surface area contributed by atoms with Crippen LogP contribution in [0.4, 0.5) is 0 Å². The number of ether oxygens (including phenoxy) is 2. The molecule has 100 valence electrons. The zero-order valence-electron chi connectivity index (χ0n) is 11.6. The Morgan fingerprint density at radius 3 is 2.67 bits per heavy atom. The Morgan fingerprint density at radius 1 is 1.28 bits per heavy atom. The fraction of sp³-hybridized carbons (Fsp3) is 0.600. The molecule has 0 spiro atoms. The molecular weight excluding hydrogens is 226 g/mol. The molecule has 0 aliphatic carbocycles. The Labute approximate surface area is 109 Å². The highest BCUT2D eigenvalue weighted by Gasteiger charge is 2.19. The molecule has 1 aromatic carbocycles. The summed E-state index contributed by atoms with van der Waals surface area (Å²) >= 11 is 0. The van der Waals surface area contributed by atoms with Crippen molar-refractivity contribution in [3.8, 4) is 11.5 Å². The topological polar surface area (TPSA) is 30.5 Å². The molecule has 1 aliphatic rings. The van der Waals surface area contributed by atoms with Crippen LogP contribution in [0, 0.1) is 0 Å². The third kappa shape index (κ3) is 2.61. The van der Waals surface area contributed by atoms with Gasteiger partial charge in [0.15, 0.2) is 11.5 Å². The van der Waals surface area contributed by atoms with E-state index < -0.39 is 0 Å². The van der Waals surface area contributed by atoms with E-state index in [1.807, 2.05) is 6.07 Å². The Bertz CT molecular complexity index is 398. The van der Waals surface area contributed by atoms with Crippen LogP contribution >= 0.6 is 0 Å². The van der Waals surface area contributed by atoms with E-state index in [-0.39, 0.29) is 0 Å². The predicted octanol–water partition coefficient (Wildman–Crippen LogP) is 2.56. The lowest BCUT2D eigenvalue weighted by atomic mass is 9.96. The van der Waals surface area contributed by atoms with Crippen LogP contribution in [0.15, 0.2) is 12.1 Å². The summed E-state index contributed by atoms with van der Waals surface area (Å²) < 4.78 is 10.9. The van der Waals surface area contributed by atoms with Crippen LogP contribution < -0.4 is 14.8 Å². The molecule has 1 aromatic rings. The number of rotatable bonds is 5. The van der Waals surface area contributed by atoms with Crippen LogP contribution in [0.2, 0.25) is 0 Å². The molecule has 0 amide bonds. The standard InChI is InChI=1S/C15H23NO2/c1-4-13-11(10-12-6-5-9-16-12)7-8-14(17-2)15(13)18-3/h7-8,12,16H,4-6,9-10H2,1-3H3. The number of methoxy groups -OCH3 is 2. The van der Waals surface area contributed by atoms with Crippen LogP contribution in [0.25, 0.3) is 0 Å². The maximum absolute atomic E-state index is 5.52. The maximum atomic E-state index is 5.52. The predicted molar refractivity (Wildman–Crippen MR) is 73.7 cm³/mol. The summed E-state index contributed by atoms with van der Waals surface area (Å²) in [5.41, 5.74) is 2.67. The second-order valence-corrected chi connectivity index (χ2v) is 4.79. The Kier molecular flexibility index (Phi) is 4.48. The van der Waals surface area contributed by atoms with Gasteiger partial charge < -0.3 is 14.8 Å². The van der Waals surface area contributed by atoms with Crippen molar-refractivity contribution >= 4 is 0 Å². The van der Waals surface area contributed by atoms with Crippen LogP contribution in [-0.2, 0) is 12.8 Å². The van der Waals surface area contributed by atoms with Crippen LogP contribution in [0.5, 0.6) is 11.5 Å². The molecule has 1 saturated heterocycles. The summed E-state index contributed by atoms with van der Waals surface area (Å²) in [7, 11) is 3.41. The Hall–Kier alpha value is -1.22. The molecule has 1 unspecified atom stereocenters. The summed E-state index contributed by atoms with van der Waals surface area (Å²) in [5.74, 6) is 1.73. The van der Waals surface area contributed by atoms with Crippen LogP contribution in [0.1, 0.15) is 30.9 Å². The molecule has 1 N–H and O–H groups in total. The number of hydrogen-bond donors (Lipinski definition) is 1. The van der Waals surface area contributed by atoms with Gasteiger partial charge in [0.25, 0.3) is 0 Å². The van der Waals surface area contributed by atoms with Crippen molar-refractivity contribution in [2.75, 3.05) is 20.8 Å². The molecular formula is C15H23NO2.